The number of anilines is 2. The summed E-state index contributed by atoms with van der Waals surface area (Å²) in [6.07, 6.45) is 3.90. The third-order valence-corrected chi connectivity index (χ3v) is 4.68. The smallest absolute Gasteiger partial charge is 0.256 e. The molecule has 4 rings (SSSR count). The molecule has 4 nitrogen and oxygen atoms in total. The lowest BCUT2D eigenvalue weighted by Crippen LogP contribution is -2.14. The van der Waals surface area contributed by atoms with E-state index in [1.165, 1.54) is 0 Å². The number of carbonyl (C=O) groups excluding carboxylic acids is 1. The van der Waals surface area contributed by atoms with Crippen LogP contribution in [0.2, 0.25) is 0 Å². The molecule has 1 aromatic heterocycles. The van der Waals surface area contributed by atoms with E-state index in [2.05, 4.69) is 5.32 Å². The van der Waals surface area contributed by atoms with E-state index in [1.807, 2.05) is 85.8 Å². The lowest BCUT2D eigenvalue weighted by atomic mass is 10.0. The fraction of sp³-hybridized carbons (Fsp3) is 0.0400. The average molecular weight is 379 g/mol. The summed E-state index contributed by atoms with van der Waals surface area (Å²) in [6.45, 7) is 2.00. The Balaban J connectivity index is 1.76. The number of rotatable bonds is 4. The monoisotopic (exact) mass is 379 g/mol. The minimum absolute atomic E-state index is 0.213. The van der Waals surface area contributed by atoms with Gasteiger partial charge in [-0.2, -0.15) is 0 Å². The molecule has 0 bridgehead atoms. The van der Waals surface area contributed by atoms with Gasteiger partial charge in [-0.15, -0.1) is 0 Å². The molecule has 0 fully saturated rings. The molecule has 0 saturated heterocycles. The van der Waals surface area contributed by atoms with Crippen LogP contribution in [-0.2, 0) is 0 Å². The van der Waals surface area contributed by atoms with E-state index in [4.69, 9.17) is 10.7 Å². The zero-order valence-electron chi connectivity index (χ0n) is 16.1. The molecule has 4 aromatic rings. The van der Waals surface area contributed by atoms with Crippen LogP contribution >= 0.6 is 0 Å². The molecule has 0 aliphatic rings. The fourth-order valence-corrected chi connectivity index (χ4v) is 3.18. The first kappa shape index (κ1) is 18.4. The maximum absolute atomic E-state index is 13.1. The van der Waals surface area contributed by atoms with E-state index in [0.29, 0.717) is 16.9 Å². The quantitative estimate of drug-likeness (QED) is 0.457. The van der Waals surface area contributed by atoms with E-state index in [0.717, 1.165) is 27.7 Å². The molecule has 29 heavy (non-hydrogen) atoms. The highest BCUT2D eigenvalue weighted by Gasteiger charge is 2.14. The predicted octanol–water partition coefficient (Wildman–Crippen LogP) is 5.55. The first-order valence-electron chi connectivity index (χ1n) is 9.40. The van der Waals surface area contributed by atoms with Gasteiger partial charge in [0.1, 0.15) is 0 Å². The van der Waals surface area contributed by atoms with Crippen molar-refractivity contribution >= 4 is 40.3 Å². The van der Waals surface area contributed by atoms with Gasteiger partial charge in [-0.05, 0) is 48.9 Å². The Morgan fingerprint density at radius 3 is 2.48 bits per heavy atom. The number of amides is 1. The van der Waals surface area contributed by atoms with Crippen molar-refractivity contribution in [3.8, 4) is 0 Å². The van der Waals surface area contributed by atoms with Crippen LogP contribution in [0.25, 0.3) is 23.1 Å². The van der Waals surface area contributed by atoms with Gasteiger partial charge in [-0.1, -0.05) is 60.2 Å². The van der Waals surface area contributed by atoms with Gasteiger partial charge in [0, 0.05) is 5.39 Å². The molecule has 0 aliphatic heterocycles. The summed E-state index contributed by atoms with van der Waals surface area (Å²) in [5, 5.41) is 3.74. The molecule has 0 unspecified atom stereocenters. The number of hydrogen-bond donors (Lipinski definition) is 2. The Bertz CT molecular complexity index is 1210. The maximum Gasteiger partial charge on any atom is 0.256 e. The minimum Gasteiger partial charge on any atom is -0.397 e. The number of nitrogens with zero attached hydrogens (tertiary/aromatic N) is 1. The van der Waals surface area contributed by atoms with Crippen molar-refractivity contribution in [1.82, 2.24) is 4.98 Å². The van der Waals surface area contributed by atoms with Crippen molar-refractivity contribution in [3.05, 3.63) is 101 Å². The van der Waals surface area contributed by atoms with Gasteiger partial charge in [0.2, 0.25) is 0 Å². The van der Waals surface area contributed by atoms with E-state index in [-0.39, 0.29) is 5.91 Å². The molecule has 142 valence electrons. The van der Waals surface area contributed by atoms with Crippen LogP contribution in [0.15, 0.2) is 78.9 Å². The molecule has 0 saturated carbocycles. The molecule has 0 spiro atoms. The number of para-hydroxylation sites is 2. The first-order valence-corrected chi connectivity index (χ1v) is 9.40. The van der Waals surface area contributed by atoms with Gasteiger partial charge in [0.15, 0.2) is 0 Å². The molecule has 0 aliphatic carbocycles. The summed E-state index contributed by atoms with van der Waals surface area (Å²) in [6, 6.07) is 25.0. The van der Waals surface area contributed by atoms with Crippen LogP contribution in [0.1, 0.15) is 27.2 Å². The van der Waals surface area contributed by atoms with Gasteiger partial charge < -0.3 is 11.1 Å². The van der Waals surface area contributed by atoms with Gasteiger partial charge in [0.25, 0.3) is 5.91 Å². The van der Waals surface area contributed by atoms with Crippen molar-refractivity contribution in [1.29, 1.82) is 0 Å². The number of fused-ring (bicyclic) bond motifs is 1. The van der Waals surface area contributed by atoms with Gasteiger partial charge in [-0.25, -0.2) is 4.98 Å². The summed E-state index contributed by atoms with van der Waals surface area (Å²) in [7, 11) is 0. The molecule has 1 amide bonds. The second kappa shape index (κ2) is 7.98. The van der Waals surface area contributed by atoms with Gasteiger partial charge in [-0.3, -0.25) is 4.79 Å². The zero-order chi connectivity index (χ0) is 20.2. The van der Waals surface area contributed by atoms with Crippen molar-refractivity contribution in [2.75, 3.05) is 11.1 Å². The molecule has 1 heterocycles. The predicted molar refractivity (Wildman–Crippen MR) is 121 cm³/mol. The maximum atomic E-state index is 13.1. The highest BCUT2D eigenvalue weighted by atomic mass is 16.1. The average Bonchev–Trinajstić information content (AvgIpc) is 2.74. The fourth-order valence-electron chi connectivity index (χ4n) is 3.18. The molecular formula is C25H21N3O. The number of nitrogens with two attached hydrogens (primary N) is 1. The second-order valence-corrected chi connectivity index (χ2v) is 6.90. The van der Waals surface area contributed by atoms with Crippen molar-refractivity contribution in [2.45, 2.75) is 6.92 Å². The Labute approximate surface area is 169 Å². The topological polar surface area (TPSA) is 68.0 Å². The summed E-state index contributed by atoms with van der Waals surface area (Å²) < 4.78 is 0. The van der Waals surface area contributed by atoms with Crippen LogP contribution in [0.5, 0.6) is 0 Å². The molecular weight excluding hydrogens is 358 g/mol. The minimum atomic E-state index is -0.213. The third kappa shape index (κ3) is 4.17. The van der Waals surface area contributed by atoms with Crippen LogP contribution in [0.3, 0.4) is 0 Å². The summed E-state index contributed by atoms with van der Waals surface area (Å²) in [5.74, 6) is -0.213. The van der Waals surface area contributed by atoms with Gasteiger partial charge >= 0.3 is 0 Å². The van der Waals surface area contributed by atoms with Crippen LogP contribution in [-0.4, -0.2) is 10.9 Å². The van der Waals surface area contributed by atoms with Gasteiger partial charge in [0.05, 0.1) is 28.1 Å². The SMILES string of the molecule is Cc1ccc2nc(/C=C/c3ccccc3)cc(C(=O)Nc3ccccc3N)c2c1. The van der Waals surface area contributed by atoms with Crippen LogP contribution in [0.4, 0.5) is 11.4 Å². The Kier molecular flexibility index (Phi) is 5.08. The Morgan fingerprint density at radius 2 is 1.69 bits per heavy atom. The first-order chi connectivity index (χ1) is 14.1. The number of nitrogens with one attached hydrogen (secondary N) is 1. The number of aromatic nitrogens is 1. The summed E-state index contributed by atoms with van der Waals surface area (Å²) in [4.78, 5) is 17.8. The number of hydrogen-bond acceptors (Lipinski definition) is 3. The summed E-state index contributed by atoms with van der Waals surface area (Å²) >= 11 is 0. The molecule has 4 heteroatoms. The summed E-state index contributed by atoms with van der Waals surface area (Å²) in [5.41, 5.74) is 11.3. The number of benzene rings is 3. The van der Waals surface area contributed by atoms with Crippen LogP contribution < -0.4 is 11.1 Å². The standard InChI is InChI=1S/C25H21N3O/c1-17-11-14-23-20(15-17)21(25(29)28-24-10-6-5-9-22(24)26)16-19(27-23)13-12-18-7-3-2-4-8-18/h2-16H,26H2,1H3,(H,28,29)/b13-12+. The largest absolute Gasteiger partial charge is 0.397 e. The Morgan fingerprint density at radius 1 is 0.931 bits per heavy atom. The van der Waals surface area contributed by atoms with Crippen molar-refractivity contribution in [3.63, 3.8) is 0 Å². The highest BCUT2D eigenvalue weighted by molar-refractivity contribution is 6.13. The second-order valence-electron chi connectivity index (χ2n) is 6.90. The van der Waals surface area contributed by atoms with Crippen molar-refractivity contribution in [2.24, 2.45) is 0 Å². The van der Waals surface area contributed by atoms with E-state index in [1.54, 1.807) is 12.1 Å². The lowest BCUT2D eigenvalue weighted by molar-refractivity contribution is 0.102. The van der Waals surface area contributed by atoms with E-state index < -0.39 is 0 Å². The number of carbonyl (C=O) groups is 1. The Hall–Kier alpha value is -3.92. The lowest BCUT2D eigenvalue weighted by Gasteiger charge is -2.11. The van der Waals surface area contributed by atoms with Crippen molar-refractivity contribution < 1.29 is 4.79 Å². The van der Waals surface area contributed by atoms with E-state index in [9.17, 15) is 4.79 Å². The van der Waals surface area contributed by atoms with E-state index >= 15 is 0 Å². The van der Waals surface area contributed by atoms with Crippen LogP contribution in [0, 0.1) is 6.92 Å². The molecule has 0 radical (unpaired) electrons. The molecule has 3 N–H and O–H groups in total. The molecule has 0 atom stereocenters. The highest BCUT2D eigenvalue weighted by Crippen LogP contribution is 2.24. The third-order valence-electron chi connectivity index (χ3n) is 4.68. The molecule has 3 aromatic carbocycles. The number of pyridine rings is 1. The number of aryl methyl sites for hydroxylation is 1. The normalized spacial score (nSPS) is 11.1. The number of nitrogen functional groups attached to an aromatic ring is 1. The zero-order valence-corrected chi connectivity index (χ0v) is 16.1.